The standard InChI is InChI=1S/C20H28N4O3/c1-14(2)19(26)23-9-4-10-24(12-11-23)20(27)22-17-6-3-5-15(13-17)18(25)21-16-7-8-16/h3,5-6,13-14,16H,4,7-12H2,1-2H3,(H,21,25)(H,22,27). The van der Waals surface area contributed by atoms with Crippen molar-refractivity contribution in [2.45, 2.75) is 39.2 Å². The van der Waals surface area contributed by atoms with Crippen molar-refractivity contribution in [2.75, 3.05) is 31.5 Å². The van der Waals surface area contributed by atoms with E-state index in [1.54, 1.807) is 29.2 Å². The highest BCUT2D eigenvalue weighted by Gasteiger charge is 2.25. The Morgan fingerprint density at radius 1 is 1.04 bits per heavy atom. The molecule has 146 valence electrons. The highest BCUT2D eigenvalue weighted by molar-refractivity contribution is 5.97. The minimum absolute atomic E-state index is 0.0325. The van der Waals surface area contributed by atoms with Gasteiger partial charge in [-0.3, -0.25) is 9.59 Å². The van der Waals surface area contributed by atoms with Crippen LogP contribution in [0.4, 0.5) is 10.5 Å². The fourth-order valence-electron chi connectivity index (χ4n) is 3.14. The molecule has 1 heterocycles. The van der Waals surface area contributed by atoms with Gasteiger partial charge in [0, 0.05) is 49.4 Å². The number of nitrogens with zero attached hydrogens (tertiary/aromatic N) is 2. The van der Waals surface area contributed by atoms with Gasteiger partial charge in [-0.05, 0) is 37.5 Å². The summed E-state index contributed by atoms with van der Waals surface area (Å²) in [7, 11) is 0. The number of hydrogen-bond acceptors (Lipinski definition) is 3. The predicted molar refractivity (Wildman–Crippen MR) is 104 cm³/mol. The van der Waals surface area contributed by atoms with E-state index in [1.165, 1.54) is 0 Å². The Morgan fingerprint density at radius 3 is 2.44 bits per heavy atom. The van der Waals surface area contributed by atoms with Gasteiger partial charge in [0.1, 0.15) is 0 Å². The first-order chi connectivity index (χ1) is 12.9. The molecule has 2 aliphatic rings. The molecule has 1 aliphatic carbocycles. The third-order valence-corrected chi connectivity index (χ3v) is 4.88. The van der Waals surface area contributed by atoms with Crippen molar-refractivity contribution < 1.29 is 14.4 Å². The molecule has 1 aromatic rings. The molecule has 1 aromatic carbocycles. The van der Waals surface area contributed by atoms with Crippen molar-refractivity contribution >= 4 is 23.5 Å². The molecular formula is C20H28N4O3. The van der Waals surface area contributed by atoms with Gasteiger partial charge in [-0.1, -0.05) is 19.9 Å². The van der Waals surface area contributed by atoms with E-state index in [1.807, 2.05) is 18.7 Å². The molecule has 0 aromatic heterocycles. The maximum absolute atomic E-state index is 12.6. The molecule has 1 saturated heterocycles. The van der Waals surface area contributed by atoms with E-state index in [9.17, 15) is 14.4 Å². The van der Waals surface area contributed by atoms with E-state index < -0.39 is 0 Å². The third-order valence-electron chi connectivity index (χ3n) is 4.88. The number of amides is 4. The minimum atomic E-state index is -0.200. The van der Waals surface area contributed by atoms with Gasteiger partial charge in [0.2, 0.25) is 5.91 Å². The zero-order valence-electron chi connectivity index (χ0n) is 16.0. The normalized spacial score (nSPS) is 17.4. The van der Waals surface area contributed by atoms with Gasteiger partial charge in [-0.2, -0.15) is 0 Å². The lowest BCUT2D eigenvalue weighted by molar-refractivity contribution is -0.134. The molecule has 4 amide bonds. The number of urea groups is 1. The van der Waals surface area contributed by atoms with Crippen molar-refractivity contribution in [3.8, 4) is 0 Å². The number of hydrogen-bond donors (Lipinski definition) is 2. The second-order valence-electron chi connectivity index (χ2n) is 7.58. The summed E-state index contributed by atoms with van der Waals surface area (Å²) in [5, 5.41) is 5.82. The van der Waals surface area contributed by atoms with Gasteiger partial charge in [-0.15, -0.1) is 0 Å². The van der Waals surface area contributed by atoms with E-state index in [0.29, 0.717) is 43.5 Å². The van der Waals surface area contributed by atoms with Crippen molar-refractivity contribution in [3.05, 3.63) is 29.8 Å². The van der Waals surface area contributed by atoms with Gasteiger partial charge in [-0.25, -0.2) is 4.79 Å². The zero-order valence-corrected chi connectivity index (χ0v) is 16.0. The summed E-state index contributed by atoms with van der Waals surface area (Å²) in [5.41, 5.74) is 1.15. The summed E-state index contributed by atoms with van der Waals surface area (Å²) in [5.74, 6) is -0.00672. The number of carbonyl (C=O) groups excluding carboxylic acids is 3. The third kappa shape index (κ3) is 5.21. The molecule has 0 unspecified atom stereocenters. The van der Waals surface area contributed by atoms with Crippen LogP contribution < -0.4 is 10.6 Å². The van der Waals surface area contributed by atoms with Crippen LogP contribution in [0.3, 0.4) is 0 Å². The fraction of sp³-hybridized carbons (Fsp3) is 0.550. The lowest BCUT2D eigenvalue weighted by atomic mass is 10.2. The van der Waals surface area contributed by atoms with Crippen LogP contribution in [0.5, 0.6) is 0 Å². The maximum atomic E-state index is 12.6. The first-order valence-electron chi connectivity index (χ1n) is 9.69. The van der Waals surface area contributed by atoms with Crippen molar-refractivity contribution in [2.24, 2.45) is 5.92 Å². The van der Waals surface area contributed by atoms with Crippen LogP contribution in [-0.2, 0) is 4.79 Å². The molecule has 2 fully saturated rings. The van der Waals surface area contributed by atoms with E-state index in [-0.39, 0.29) is 23.8 Å². The minimum Gasteiger partial charge on any atom is -0.349 e. The van der Waals surface area contributed by atoms with Crippen LogP contribution in [0.2, 0.25) is 0 Å². The zero-order chi connectivity index (χ0) is 19.4. The van der Waals surface area contributed by atoms with Crippen LogP contribution in [-0.4, -0.2) is 59.9 Å². The first-order valence-corrected chi connectivity index (χ1v) is 9.69. The fourth-order valence-corrected chi connectivity index (χ4v) is 3.14. The van der Waals surface area contributed by atoms with E-state index in [4.69, 9.17) is 0 Å². The summed E-state index contributed by atoms with van der Waals surface area (Å²) in [4.78, 5) is 40.5. The van der Waals surface area contributed by atoms with Crippen LogP contribution in [0, 0.1) is 5.92 Å². The van der Waals surface area contributed by atoms with Crippen LogP contribution in [0.15, 0.2) is 24.3 Å². The number of anilines is 1. The quantitative estimate of drug-likeness (QED) is 0.851. The van der Waals surface area contributed by atoms with Crippen molar-refractivity contribution in [1.82, 2.24) is 15.1 Å². The summed E-state index contributed by atoms with van der Waals surface area (Å²) in [6, 6.07) is 7.08. The molecule has 7 nitrogen and oxygen atoms in total. The summed E-state index contributed by atoms with van der Waals surface area (Å²) in [6.07, 6.45) is 2.83. The van der Waals surface area contributed by atoms with E-state index in [0.717, 1.165) is 19.3 Å². The number of benzene rings is 1. The van der Waals surface area contributed by atoms with E-state index in [2.05, 4.69) is 10.6 Å². The molecule has 0 bridgehead atoms. The van der Waals surface area contributed by atoms with Crippen molar-refractivity contribution in [1.29, 1.82) is 0 Å². The smallest absolute Gasteiger partial charge is 0.321 e. The molecule has 27 heavy (non-hydrogen) atoms. The average Bonchev–Trinajstić information content (AvgIpc) is 3.47. The highest BCUT2D eigenvalue weighted by atomic mass is 16.2. The Balaban J connectivity index is 1.57. The average molecular weight is 372 g/mol. The molecule has 0 atom stereocenters. The SMILES string of the molecule is CC(C)C(=O)N1CCCN(C(=O)Nc2cccc(C(=O)NC3CC3)c2)CC1. The van der Waals surface area contributed by atoms with Gasteiger partial charge >= 0.3 is 6.03 Å². The topological polar surface area (TPSA) is 81.8 Å². The van der Waals surface area contributed by atoms with Gasteiger partial charge < -0.3 is 20.4 Å². The Morgan fingerprint density at radius 2 is 1.74 bits per heavy atom. The van der Waals surface area contributed by atoms with Crippen LogP contribution in [0.1, 0.15) is 43.5 Å². The van der Waals surface area contributed by atoms with Crippen molar-refractivity contribution in [3.63, 3.8) is 0 Å². The van der Waals surface area contributed by atoms with Gasteiger partial charge in [0.25, 0.3) is 5.91 Å². The molecule has 0 spiro atoms. The van der Waals surface area contributed by atoms with E-state index >= 15 is 0 Å². The summed E-state index contributed by atoms with van der Waals surface area (Å²) in [6.45, 7) is 6.13. The first kappa shape index (κ1) is 19.2. The Labute approximate surface area is 160 Å². The molecule has 3 rings (SSSR count). The summed E-state index contributed by atoms with van der Waals surface area (Å²) < 4.78 is 0. The Hall–Kier alpha value is -2.57. The molecular weight excluding hydrogens is 344 g/mol. The molecule has 7 heteroatoms. The second kappa shape index (κ2) is 8.41. The predicted octanol–water partition coefficient (Wildman–Crippen LogP) is 2.30. The van der Waals surface area contributed by atoms with Gasteiger partial charge in [0.15, 0.2) is 0 Å². The molecule has 1 saturated carbocycles. The number of nitrogens with one attached hydrogen (secondary N) is 2. The van der Waals surface area contributed by atoms with Crippen LogP contribution in [0.25, 0.3) is 0 Å². The molecule has 0 radical (unpaired) electrons. The maximum Gasteiger partial charge on any atom is 0.321 e. The summed E-state index contributed by atoms with van der Waals surface area (Å²) >= 11 is 0. The Bertz CT molecular complexity index is 715. The number of carbonyl (C=O) groups is 3. The highest BCUT2D eigenvalue weighted by Crippen LogP contribution is 2.20. The molecule has 1 aliphatic heterocycles. The number of rotatable bonds is 4. The second-order valence-corrected chi connectivity index (χ2v) is 7.58. The Kier molecular flexibility index (Phi) is 5.98. The van der Waals surface area contributed by atoms with Gasteiger partial charge in [0.05, 0.1) is 0 Å². The largest absolute Gasteiger partial charge is 0.349 e. The van der Waals surface area contributed by atoms with Crippen LogP contribution >= 0.6 is 0 Å². The molecule has 2 N–H and O–H groups in total. The monoisotopic (exact) mass is 372 g/mol. The lowest BCUT2D eigenvalue weighted by Crippen LogP contribution is -2.40. The lowest BCUT2D eigenvalue weighted by Gasteiger charge is -2.23.